The van der Waals surface area contributed by atoms with Crippen molar-refractivity contribution in [3.63, 3.8) is 0 Å². The second-order valence-corrected chi connectivity index (χ2v) is 12.3. The summed E-state index contributed by atoms with van der Waals surface area (Å²) in [5.74, 6) is -1.54. The molecular weight excluding hydrogens is 533 g/mol. The molecule has 1 unspecified atom stereocenters. The SMILES string of the molecule is CC1=C(C(=O)OCCN(C)Cc2ccccc2)C(c2cccc([N+](=O)[O-])c2)C(P2(=O)O[C@H](C)C[C@@H](C)O2)=C(C)N1. The Balaban J connectivity index is 1.65. The monoisotopic (exact) mass is 569 g/mol. The minimum Gasteiger partial charge on any atom is -0.461 e. The molecule has 40 heavy (non-hydrogen) atoms. The zero-order valence-electron chi connectivity index (χ0n) is 23.5. The molecule has 2 aliphatic rings. The molecule has 1 N–H and O–H groups in total. The topological polar surface area (TPSA) is 120 Å². The lowest BCUT2D eigenvalue weighted by Gasteiger charge is -2.39. The fourth-order valence-corrected chi connectivity index (χ4v) is 7.73. The summed E-state index contributed by atoms with van der Waals surface area (Å²) < 4.78 is 31.9. The van der Waals surface area contributed by atoms with Crippen LogP contribution in [0.3, 0.4) is 0 Å². The Hall–Kier alpha value is -3.30. The number of nitro benzene ring substituents is 1. The van der Waals surface area contributed by atoms with E-state index in [4.69, 9.17) is 13.8 Å². The third-order valence-corrected chi connectivity index (χ3v) is 9.42. The lowest BCUT2D eigenvalue weighted by Crippen LogP contribution is -2.33. The molecule has 214 valence electrons. The van der Waals surface area contributed by atoms with Crippen LogP contribution in [0.2, 0.25) is 0 Å². The van der Waals surface area contributed by atoms with E-state index in [1.165, 1.54) is 12.1 Å². The summed E-state index contributed by atoms with van der Waals surface area (Å²) in [6, 6.07) is 16.0. The van der Waals surface area contributed by atoms with Crippen molar-refractivity contribution in [1.29, 1.82) is 0 Å². The number of ether oxygens (including phenoxy) is 1. The number of carbonyl (C=O) groups is 1. The molecule has 2 aromatic carbocycles. The molecule has 0 saturated carbocycles. The van der Waals surface area contributed by atoms with Crippen LogP contribution in [-0.2, 0) is 29.7 Å². The molecule has 2 aromatic rings. The lowest BCUT2D eigenvalue weighted by atomic mass is 9.86. The van der Waals surface area contributed by atoms with E-state index in [1.54, 1.807) is 26.0 Å². The average Bonchev–Trinajstić information content (AvgIpc) is 2.87. The number of non-ortho nitro benzene ring substituents is 1. The minimum atomic E-state index is -3.90. The van der Waals surface area contributed by atoms with Crippen molar-refractivity contribution >= 4 is 19.3 Å². The fraction of sp³-hybridized carbons (Fsp3) is 0.414. The van der Waals surface area contributed by atoms with Gasteiger partial charge in [0.25, 0.3) is 5.69 Å². The van der Waals surface area contributed by atoms with Gasteiger partial charge in [0.05, 0.1) is 33.9 Å². The maximum atomic E-state index is 14.3. The number of hydrogen-bond donors (Lipinski definition) is 1. The van der Waals surface area contributed by atoms with Gasteiger partial charge in [-0.05, 0) is 45.9 Å². The molecule has 0 amide bonds. The number of rotatable bonds is 9. The summed E-state index contributed by atoms with van der Waals surface area (Å²) in [7, 11) is -1.96. The first-order chi connectivity index (χ1) is 19.0. The quantitative estimate of drug-likeness (QED) is 0.171. The molecule has 0 radical (unpaired) electrons. The van der Waals surface area contributed by atoms with Crippen LogP contribution in [0.1, 0.15) is 51.2 Å². The van der Waals surface area contributed by atoms with E-state index in [0.29, 0.717) is 36.5 Å². The first-order valence-electron chi connectivity index (χ1n) is 13.3. The predicted octanol–water partition coefficient (Wildman–Crippen LogP) is 5.87. The summed E-state index contributed by atoms with van der Waals surface area (Å²) in [5, 5.41) is 15.0. The van der Waals surface area contributed by atoms with Crippen molar-refractivity contribution in [2.45, 2.75) is 58.8 Å². The van der Waals surface area contributed by atoms with Gasteiger partial charge in [-0.1, -0.05) is 42.5 Å². The standard InChI is InChI=1S/C29H36N3O7P/c1-19-16-20(2)39-40(36,38-19)28-22(4)30-21(3)26(27(28)24-12-9-13-25(17-24)32(34)35)29(33)37-15-14-31(5)18-23-10-7-6-8-11-23/h6-13,17,19-20,27,30H,14-16,18H2,1-5H3/t19-,20-,27?/m1/s1. The number of nitrogens with zero attached hydrogens (tertiary/aromatic N) is 2. The summed E-state index contributed by atoms with van der Waals surface area (Å²) in [6.07, 6.45) is -0.128. The normalized spacial score (nSPS) is 25.1. The Labute approximate surface area is 234 Å². The molecule has 10 nitrogen and oxygen atoms in total. The molecular formula is C29H36N3O7P. The first kappa shape index (κ1) is 29.7. The first-order valence-corrected chi connectivity index (χ1v) is 14.8. The molecule has 2 heterocycles. The number of carbonyl (C=O) groups excluding carboxylic acids is 1. The van der Waals surface area contributed by atoms with E-state index < -0.39 is 24.4 Å². The zero-order valence-corrected chi connectivity index (χ0v) is 24.4. The van der Waals surface area contributed by atoms with Crippen LogP contribution in [0.15, 0.2) is 76.9 Å². The number of likely N-dealkylation sites (N-methyl/N-ethyl adjacent to an activating group) is 1. The molecule has 11 heteroatoms. The largest absolute Gasteiger partial charge is 0.461 e. The van der Waals surface area contributed by atoms with Gasteiger partial charge in [-0.3, -0.25) is 19.6 Å². The maximum absolute atomic E-state index is 14.3. The van der Waals surface area contributed by atoms with Crippen LogP contribution in [0, 0.1) is 10.1 Å². The number of allylic oxidation sites excluding steroid dienone is 3. The van der Waals surface area contributed by atoms with Crippen molar-refractivity contribution in [1.82, 2.24) is 10.2 Å². The molecule has 0 aliphatic carbocycles. The van der Waals surface area contributed by atoms with Gasteiger partial charge < -0.3 is 19.1 Å². The van der Waals surface area contributed by atoms with Crippen molar-refractivity contribution in [3.8, 4) is 0 Å². The number of dihydropyridines is 1. The molecule has 2 aliphatic heterocycles. The van der Waals surface area contributed by atoms with Gasteiger partial charge in [0.15, 0.2) is 0 Å². The maximum Gasteiger partial charge on any atom is 0.360 e. The van der Waals surface area contributed by atoms with E-state index in [2.05, 4.69) is 5.32 Å². The Morgan fingerprint density at radius 3 is 2.42 bits per heavy atom. The molecule has 0 aromatic heterocycles. The Kier molecular flexibility index (Phi) is 9.26. The van der Waals surface area contributed by atoms with E-state index in [9.17, 15) is 19.5 Å². The Bertz CT molecular complexity index is 1360. The average molecular weight is 570 g/mol. The number of nitro groups is 1. The summed E-state index contributed by atoms with van der Waals surface area (Å²) in [5.41, 5.74) is 2.64. The van der Waals surface area contributed by atoms with Crippen LogP contribution in [0.4, 0.5) is 5.69 Å². The molecule has 1 fully saturated rings. The van der Waals surface area contributed by atoms with Crippen molar-refractivity contribution in [2.24, 2.45) is 0 Å². The molecule has 4 rings (SSSR count). The van der Waals surface area contributed by atoms with Crippen LogP contribution in [0.5, 0.6) is 0 Å². The number of nitrogens with one attached hydrogen (secondary N) is 1. The fourth-order valence-electron chi connectivity index (χ4n) is 5.27. The molecule has 1 saturated heterocycles. The number of esters is 1. The zero-order chi connectivity index (χ0) is 29.0. The van der Waals surface area contributed by atoms with Gasteiger partial charge in [0, 0.05) is 43.0 Å². The molecule has 0 spiro atoms. The van der Waals surface area contributed by atoms with Crippen molar-refractivity contribution in [3.05, 3.63) is 98.1 Å². The van der Waals surface area contributed by atoms with Gasteiger partial charge in [-0.15, -0.1) is 0 Å². The van der Waals surface area contributed by atoms with E-state index in [0.717, 1.165) is 5.56 Å². The van der Waals surface area contributed by atoms with Crippen LogP contribution >= 0.6 is 7.60 Å². The van der Waals surface area contributed by atoms with Crippen molar-refractivity contribution < 1.29 is 28.1 Å². The Morgan fingerprint density at radius 2 is 1.77 bits per heavy atom. The lowest BCUT2D eigenvalue weighted by molar-refractivity contribution is -0.384. The molecule has 0 bridgehead atoms. The van der Waals surface area contributed by atoms with Gasteiger partial charge in [-0.2, -0.15) is 0 Å². The van der Waals surface area contributed by atoms with E-state index in [1.807, 2.05) is 56.1 Å². The van der Waals surface area contributed by atoms with Gasteiger partial charge in [-0.25, -0.2) is 4.79 Å². The third kappa shape index (κ3) is 6.70. The van der Waals surface area contributed by atoms with Gasteiger partial charge in [0.2, 0.25) is 0 Å². The number of benzene rings is 2. The van der Waals surface area contributed by atoms with Gasteiger partial charge in [0.1, 0.15) is 6.61 Å². The second kappa shape index (κ2) is 12.5. The summed E-state index contributed by atoms with van der Waals surface area (Å²) in [4.78, 5) is 26.8. The Morgan fingerprint density at radius 1 is 1.10 bits per heavy atom. The highest BCUT2D eigenvalue weighted by Gasteiger charge is 2.48. The van der Waals surface area contributed by atoms with Crippen LogP contribution in [0.25, 0.3) is 0 Å². The van der Waals surface area contributed by atoms with E-state index >= 15 is 0 Å². The number of hydrogen-bond acceptors (Lipinski definition) is 9. The molecule has 3 atom stereocenters. The minimum absolute atomic E-state index is 0.122. The smallest absolute Gasteiger partial charge is 0.360 e. The highest BCUT2D eigenvalue weighted by molar-refractivity contribution is 7.58. The summed E-state index contributed by atoms with van der Waals surface area (Å²) in [6.45, 7) is 8.41. The van der Waals surface area contributed by atoms with Gasteiger partial charge >= 0.3 is 13.6 Å². The predicted molar refractivity (Wildman–Crippen MR) is 151 cm³/mol. The van der Waals surface area contributed by atoms with Crippen molar-refractivity contribution in [2.75, 3.05) is 20.2 Å². The van der Waals surface area contributed by atoms with E-state index in [-0.39, 0.29) is 35.4 Å². The third-order valence-electron chi connectivity index (χ3n) is 6.96. The summed E-state index contributed by atoms with van der Waals surface area (Å²) >= 11 is 0. The highest BCUT2D eigenvalue weighted by atomic mass is 31.2. The highest BCUT2D eigenvalue weighted by Crippen LogP contribution is 2.67. The van der Waals surface area contributed by atoms with Crippen LogP contribution in [-0.4, -0.2) is 48.2 Å². The van der Waals surface area contributed by atoms with Crippen LogP contribution < -0.4 is 5.32 Å². The second-order valence-electron chi connectivity index (χ2n) is 10.4.